The zero-order valence-corrected chi connectivity index (χ0v) is 10.5. The molecule has 2 aromatic heterocycles. The van der Waals surface area contributed by atoms with E-state index in [2.05, 4.69) is 0 Å². The van der Waals surface area contributed by atoms with Crippen molar-refractivity contribution in [2.24, 2.45) is 0 Å². The Hall–Kier alpha value is -2.75. The van der Waals surface area contributed by atoms with E-state index in [1.165, 1.54) is 16.7 Å². The van der Waals surface area contributed by atoms with Gasteiger partial charge < -0.3 is 0 Å². The quantitative estimate of drug-likeness (QED) is 0.485. The number of aromatic nitrogens is 2. The molecule has 0 saturated carbocycles. The first kappa shape index (κ1) is 11.1. The van der Waals surface area contributed by atoms with Gasteiger partial charge in [0, 0.05) is 5.39 Å². The maximum absolute atomic E-state index is 13.6. The Morgan fingerprint density at radius 1 is 1.00 bits per heavy atom. The zero-order chi connectivity index (χ0) is 13.7. The highest BCUT2D eigenvalue weighted by Crippen LogP contribution is 2.21. The Morgan fingerprint density at radius 3 is 2.55 bits per heavy atom. The van der Waals surface area contributed by atoms with Gasteiger partial charge in [0.05, 0.1) is 5.39 Å². The maximum Gasteiger partial charge on any atom is 0.508 e. The molecule has 3 nitrogen and oxygen atoms in total. The van der Waals surface area contributed by atoms with Crippen LogP contribution in [0.1, 0.15) is 0 Å². The van der Waals surface area contributed by atoms with Crippen molar-refractivity contribution in [3.05, 3.63) is 77.2 Å². The second-order valence-electron chi connectivity index (χ2n) is 4.74. The summed E-state index contributed by atoms with van der Waals surface area (Å²) < 4.78 is 16.7. The maximum atomic E-state index is 13.6. The molecule has 2 aromatic carbocycles. The van der Waals surface area contributed by atoms with E-state index in [-0.39, 0.29) is 11.5 Å². The summed E-state index contributed by atoms with van der Waals surface area (Å²) in [5, 5.41) is 1.44. The Balaban J connectivity index is 2.18. The van der Waals surface area contributed by atoms with E-state index >= 15 is 0 Å². The van der Waals surface area contributed by atoms with Crippen molar-refractivity contribution < 1.29 is 8.96 Å². The molecular weight excluding hydrogens is 255 g/mol. The third-order valence-corrected chi connectivity index (χ3v) is 3.49. The van der Waals surface area contributed by atoms with Crippen molar-refractivity contribution in [3.8, 4) is 5.69 Å². The Labute approximate surface area is 113 Å². The number of nitrogens with zero attached hydrogens (tertiary/aromatic N) is 2. The third-order valence-electron chi connectivity index (χ3n) is 3.49. The van der Waals surface area contributed by atoms with Crippen LogP contribution in [0.3, 0.4) is 0 Å². The molecule has 0 atom stereocenters. The number of halogens is 1. The molecule has 2 heterocycles. The lowest BCUT2D eigenvalue weighted by molar-refractivity contribution is -0.614. The van der Waals surface area contributed by atoms with Crippen LogP contribution in [-0.4, -0.2) is 4.40 Å². The number of para-hydroxylation sites is 1. The molecule has 0 amide bonds. The van der Waals surface area contributed by atoms with Gasteiger partial charge in [0.2, 0.25) is 0 Å². The summed E-state index contributed by atoms with van der Waals surface area (Å²) in [7, 11) is 0. The summed E-state index contributed by atoms with van der Waals surface area (Å²) in [6.07, 6.45) is 3.36. The minimum atomic E-state index is -0.302. The molecule has 0 spiro atoms. The lowest BCUT2D eigenvalue weighted by atomic mass is 10.2. The highest BCUT2D eigenvalue weighted by Gasteiger charge is 2.18. The smallest absolute Gasteiger partial charge is 0.207 e. The fraction of sp³-hybridized carbons (Fsp3) is 0. The zero-order valence-electron chi connectivity index (χ0n) is 10.5. The molecule has 96 valence electrons. The van der Waals surface area contributed by atoms with Crippen LogP contribution in [-0.2, 0) is 0 Å². The van der Waals surface area contributed by atoms with Crippen LogP contribution >= 0.6 is 0 Å². The minimum Gasteiger partial charge on any atom is -0.207 e. The molecule has 4 rings (SSSR count). The number of benzene rings is 2. The van der Waals surface area contributed by atoms with Crippen LogP contribution in [0.5, 0.6) is 0 Å². The van der Waals surface area contributed by atoms with Crippen molar-refractivity contribution in [3.63, 3.8) is 0 Å². The monoisotopic (exact) mass is 265 g/mol. The van der Waals surface area contributed by atoms with Crippen molar-refractivity contribution in [2.75, 3.05) is 0 Å². The fourth-order valence-corrected chi connectivity index (χ4v) is 2.62. The Kier molecular flexibility index (Phi) is 2.15. The van der Waals surface area contributed by atoms with E-state index in [9.17, 15) is 9.18 Å². The van der Waals surface area contributed by atoms with E-state index in [4.69, 9.17) is 0 Å². The van der Waals surface area contributed by atoms with E-state index in [1.54, 1.807) is 22.9 Å². The minimum absolute atomic E-state index is 0.162. The van der Waals surface area contributed by atoms with Gasteiger partial charge >= 0.3 is 5.69 Å². The first-order valence-electron chi connectivity index (χ1n) is 6.28. The lowest BCUT2D eigenvalue weighted by Gasteiger charge is -2.01. The summed E-state index contributed by atoms with van der Waals surface area (Å²) in [6, 6.07) is 13.9. The van der Waals surface area contributed by atoms with Crippen LogP contribution in [0.25, 0.3) is 22.0 Å². The predicted octanol–water partition coefficient (Wildman–Crippen LogP) is 2.31. The van der Waals surface area contributed by atoms with Crippen molar-refractivity contribution in [1.82, 2.24) is 4.40 Å². The van der Waals surface area contributed by atoms with E-state index < -0.39 is 0 Å². The normalized spacial score (nSPS) is 11.4. The summed E-state index contributed by atoms with van der Waals surface area (Å²) >= 11 is 0. The van der Waals surface area contributed by atoms with Crippen molar-refractivity contribution in [1.29, 1.82) is 0 Å². The van der Waals surface area contributed by atoms with Crippen LogP contribution in [0, 0.1) is 5.82 Å². The topological polar surface area (TPSA) is 25.4 Å². The van der Waals surface area contributed by atoms with Crippen LogP contribution in [0.15, 0.2) is 65.7 Å². The van der Waals surface area contributed by atoms with Gasteiger partial charge in [-0.2, -0.15) is 13.8 Å². The van der Waals surface area contributed by atoms with Gasteiger partial charge in [-0.25, -0.2) is 4.39 Å². The van der Waals surface area contributed by atoms with Crippen LogP contribution in [0.2, 0.25) is 0 Å². The Morgan fingerprint density at radius 2 is 1.75 bits per heavy atom. The molecule has 4 aromatic rings. The Bertz CT molecular complexity index is 976. The van der Waals surface area contributed by atoms with Gasteiger partial charge in [-0.1, -0.05) is 18.2 Å². The van der Waals surface area contributed by atoms with Crippen molar-refractivity contribution in [2.45, 2.75) is 0 Å². The highest BCUT2D eigenvalue weighted by molar-refractivity contribution is 5.95. The molecule has 20 heavy (non-hydrogen) atoms. The molecule has 0 unspecified atom stereocenters. The van der Waals surface area contributed by atoms with E-state index in [1.807, 2.05) is 30.3 Å². The summed E-state index contributed by atoms with van der Waals surface area (Å²) in [5.74, 6) is -0.302. The first-order valence-corrected chi connectivity index (χ1v) is 6.28. The van der Waals surface area contributed by atoms with Crippen LogP contribution < -0.4 is 10.3 Å². The molecular formula is C16H10FN2O+. The largest absolute Gasteiger partial charge is 0.508 e. The first-order chi connectivity index (χ1) is 9.74. The number of hydrogen-bond donors (Lipinski definition) is 0. The molecule has 0 aliphatic carbocycles. The van der Waals surface area contributed by atoms with Gasteiger partial charge in [-0.3, -0.25) is 0 Å². The number of hydrogen-bond acceptors (Lipinski definition) is 1. The lowest BCUT2D eigenvalue weighted by Crippen LogP contribution is -2.50. The third kappa shape index (κ3) is 1.45. The predicted molar refractivity (Wildman–Crippen MR) is 73.8 cm³/mol. The van der Waals surface area contributed by atoms with Gasteiger partial charge in [0.1, 0.15) is 23.9 Å². The second-order valence-corrected chi connectivity index (χ2v) is 4.74. The molecule has 0 aliphatic rings. The molecule has 0 bridgehead atoms. The van der Waals surface area contributed by atoms with Crippen molar-refractivity contribution >= 4 is 16.3 Å². The van der Waals surface area contributed by atoms with Crippen LogP contribution in [0.4, 0.5) is 4.39 Å². The fourth-order valence-electron chi connectivity index (χ4n) is 2.62. The summed E-state index contributed by atoms with van der Waals surface area (Å²) in [5.41, 5.74) is 1.35. The SMILES string of the molecule is O=c1n2ccc3cc(F)cc(c[n+]1-c1ccccc1)c32. The summed E-state index contributed by atoms with van der Waals surface area (Å²) in [4.78, 5) is 12.5. The van der Waals surface area contributed by atoms with Gasteiger partial charge in [0.15, 0.2) is 5.52 Å². The van der Waals surface area contributed by atoms with Gasteiger partial charge in [-0.05, 0) is 30.3 Å². The average Bonchev–Trinajstić information content (AvgIpc) is 2.88. The molecule has 0 N–H and O–H groups in total. The molecule has 0 fully saturated rings. The summed E-state index contributed by atoms with van der Waals surface area (Å²) in [6.45, 7) is 0. The molecule has 0 aliphatic heterocycles. The average molecular weight is 265 g/mol. The second kappa shape index (κ2) is 3.87. The van der Waals surface area contributed by atoms with E-state index in [0.717, 1.165) is 16.6 Å². The highest BCUT2D eigenvalue weighted by atomic mass is 19.1. The van der Waals surface area contributed by atoms with E-state index in [0.29, 0.717) is 5.39 Å². The molecule has 4 heteroatoms. The molecule has 0 saturated heterocycles. The van der Waals surface area contributed by atoms with Gasteiger partial charge in [0.25, 0.3) is 0 Å². The van der Waals surface area contributed by atoms with Gasteiger partial charge in [-0.15, -0.1) is 0 Å². The molecule has 0 radical (unpaired) electrons. The standard InChI is InChI=1S/C16H10FN2O/c17-13-8-11-6-7-18-15(11)12(9-13)10-19(16(18)20)14-4-2-1-3-5-14/h1-10H/q+1. The number of rotatable bonds is 1.